The Bertz CT molecular complexity index is 194. The molecule has 0 bridgehead atoms. The van der Waals surface area contributed by atoms with E-state index in [4.69, 9.17) is 10.5 Å². The van der Waals surface area contributed by atoms with E-state index < -0.39 is 0 Å². The highest BCUT2D eigenvalue weighted by atomic mass is 16.5. The first-order valence-electron chi connectivity index (χ1n) is 6.61. The number of rotatable bonds is 6. The van der Waals surface area contributed by atoms with Gasteiger partial charge in [0.05, 0.1) is 12.7 Å². The average molecular weight is 228 g/mol. The van der Waals surface area contributed by atoms with Crippen LogP contribution in [0.2, 0.25) is 0 Å². The van der Waals surface area contributed by atoms with Gasteiger partial charge in [-0.3, -0.25) is 4.90 Å². The summed E-state index contributed by atoms with van der Waals surface area (Å²) in [7, 11) is 0. The predicted octanol–water partition coefficient (Wildman–Crippen LogP) is 1.86. The van der Waals surface area contributed by atoms with Gasteiger partial charge in [-0.25, -0.2) is 0 Å². The van der Waals surface area contributed by atoms with E-state index in [1.807, 2.05) is 0 Å². The third-order valence-corrected chi connectivity index (χ3v) is 3.56. The van der Waals surface area contributed by atoms with Crippen molar-refractivity contribution in [1.82, 2.24) is 4.90 Å². The van der Waals surface area contributed by atoms with Crippen LogP contribution in [-0.4, -0.2) is 43.8 Å². The Morgan fingerprint density at radius 2 is 2.19 bits per heavy atom. The average Bonchev–Trinajstić information content (AvgIpc) is 2.29. The molecule has 0 aromatic rings. The minimum atomic E-state index is 0.302. The molecule has 0 aromatic carbocycles. The molecule has 0 saturated carbocycles. The van der Waals surface area contributed by atoms with Crippen molar-refractivity contribution in [2.24, 2.45) is 11.1 Å². The Morgan fingerprint density at radius 3 is 2.81 bits per heavy atom. The van der Waals surface area contributed by atoms with Crippen molar-refractivity contribution < 1.29 is 4.74 Å². The molecule has 0 aromatic heterocycles. The lowest BCUT2D eigenvalue weighted by Crippen LogP contribution is -2.42. The van der Waals surface area contributed by atoms with Gasteiger partial charge in [0.15, 0.2) is 0 Å². The zero-order valence-corrected chi connectivity index (χ0v) is 11.2. The maximum atomic E-state index is 5.74. The van der Waals surface area contributed by atoms with Gasteiger partial charge in [0.2, 0.25) is 0 Å². The van der Waals surface area contributed by atoms with Crippen molar-refractivity contribution >= 4 is 0 Å². The molecule has 0 spiro atoms. The number of hydrogen-bond acceptors (Lipinski definition) is 3. The smallest absolute Gasteiger partial charge is 0.0700 e. The summed E-state index contributed by atoms with van der Waals surface area (Å²) in [5.41, 5.74) is 6.04. The summed E-state index contributed by atoms with van der Waals surface area (Å²) in [5.74, 6) is 0. The van der Waals surface area contributed by atoms with E-state index in [2.05, 4.69) is 25.7 Å². The first-order valence-corrected chi connectivity index (χ1v) is 6.61. The third kappa shape index (κ3) is 4.81. The van der Waals surface area contributed by atoms with Gasteiger partial charge in [0.25, 0.3) is 0 Å². The van der Waals surface area contributed by atoms with Crippen LogP contribution >= 0.6 is 0 Å². The van der Waals surface area contributed by atoms with Crippen LogP contribution in [-0.2, 0) is 4.74 Å². The van der Waals surface area contributed by atoms with E-state index in [0.717, 1.165) is 32.7 Å². The Labute approximate surface area is 100 Å². The number of nitrogens with zero attached hydrogens (tertiary/aromatic N) is 1. The van der Waals surface area contributed by atoms with E-state index in [-0.39, 0.29) is 0 Å². The lowest BCUT2D eigenvalue weighted by atomic mass is 9.88. The fourth-order valence-corrected chi connectivity index (χ4v) is 2.11. The molecule has 2 N–H and O–H groups in total. The normalized spacial score (nSPS) is 23.6. The van der Waals surface area contributed by atoms with Gasteiger partial charge in [0.1, 0.15) is 0 Å². The van der Waals surface area contributed by atoms with E-state index >= 15 is 0 Å². The molecule has 1 rings (SSSR count). The van der Waals surface area contributed by atoms with Crippen LogP contribution in [0.3, 0.4) is 0 Å². The quantitative estimate of drug-likeness (QED) is 0.754. The monoisotopic (exact) mass is 228 g/mol. The zero-order chi connectivity index (χ0) is 12.0. The molecule has 0 radical (unpaired) electrons. The van der Waals surface area contributed by atoms with Crippen LogP contribution in [0.25, 0.3) is 0 Å². The number of hydrogen-bond donors (Lipinski definition) is 1. The van der Waals surface area contributed by atoms with Gasteiger partial charge >= 0.3 is 0 Å². The zero-order valence-electron chi connectivity index (χ0n) is 11.2. The Balaban J connectivity index is 2.17. The highest BCUT2D eigenvalue weighted by Crippen LogP contribution is 2.20. The van der Waals surface area contributed by atoms with Crippen LogP contribution in [0.5, 0.6) is 0 Å². The van der Waals surface area contributed by atoms with Crippen molar-refractivity contribution in [3.8, 4) is 0 Å². The SMILES string of the molecule is CCC1CN(CCCC(C)(C)CN)CCO1. The standard InChI is InChI=1S/C13H28N2O/c1-4-12-10-15(8-9-16-12)7-5-6-13(2,3)11-14/h12H,4-11,14H2,1-3H3. The van der Waals surface area contributed by atoms with E-state index in [1.165, 1.54) is 19.4 Å². The lowest BCUT2D eigenvalue weighted by Gasteiger charge is -2.33. The number of nitrogens with two attached hydrogens (primary N) is 1. The maximum absolute atomic E-state index is 5.74. The summed E-state index contributed by atoms with van der Waals surface area (Å²) in [6, 6.07) is 0. The first-order chi connectivity index (χ1) is 7.57. The summed E-state index contributed by atoms with van der Waals surface area (Å²) < 4.78 is 5.66. The predicted molar refractivity (Wildman–Crippen MR) is 68.5 cm³/mol. The molecule has 3 nitrogen and oxygen atoms in total. The molecule has 16 heavy (non-hydrogen) atoms. The van der Waals surface area contributed by atoms with Crippen molar-refractivity contribution in [3.63, 3.8) is 0 Å². The van der Waals surface area contributed by atoms with Crippen molar-refractivity contribution in [2.75, 3.05) is 32.8 Å². The second-order valence-corrected chi connectivity index (χ2v) is 5.67. The molecule has 1 atom stereocenters. The lowest BCUT2D eigenvalue weighted by molar-refractivity contribution is -0.0305. The second-order valence-electron chi connectivity index (χ2n) is 5.67. The molecule has 1 heterocycles. The molecule has 1 aliphatic rings. The fraction of sp³-hybridized carbons (Fsp3) is 1.00. The fourth-order valence-electron chi connectivity index (χ4n) is 2.11. The Kier molecular flexibility index (Phi) is 5.73. The topological polar surface area (TPSA) is 38.5 Å². The maximum Gasteiger partial charge on any atom is 0.0700 e. The summed E-state index contributed by atoms with van der Waals surface area (Å²) in [6.07, 6.45) is 4.06. The van der Waals surface area contributed by atoms with Gasteiger partial charge < -0.3 is 10.5 Å². The van der Waals surface area contributed by atoms with Crippen LogP contribution in [0.4, 0.5) is 0 Å². The van der Waals surface area contributed by atoms with Gasteiger partial charge in [-0.1, -0.05) is 20.8 Å². The highest BCUT2D eigenvalue weighted by molar-refractivity contribution is 4.73. The molecule has 1 fully saturated rings. The summed E-state index contributed by atoms with van der Waals surface area (Å²) >= 11 is 0. The van der Waals surface area contributed by atoms with Crippen molar-refractivity contribution in [3.05, 3.63) is 0 Å². The summed E-state index contributed by atoms with van der Waals surface area (Å²) in [5, 5.41) is 0. The molecule has 0 aliphatic carbocycles. The van der Waals surface area contributed by atoms with Crippen molar-refractivity contribution in [2.45, 2.75) is 46.1 Å². The molecule has 1 saturated heterocycles. The van der Waals surface area contributed by atoms with Gasteiger partial charge in [-0.15, -0.1) is 0 Å². The van der Waals surface area contributed by atoms with Crippen molar-refractivity contribution in [1.29, 1.82) is 0 Å². The third-order valence-electron chi connectivity index (χ3n) is 3.56. The highest BCUT2D eigenvalue weighted by Gasteiger charge is 2.20. The van der Waals surface area contributed by atoms with E-state index in [0.29, 0.717) is 11.5 Å². The van der Waals surface area contributed by atoms with E-state index in [9.17, 15) is 0 Å². The largest absolute Gasteiger partial charge is 0.376 e. The number of ether oxygens (including phenoxy) is 1. The minimum Gasteiger partial charge on any atom is -0.376 e. The van der Waals surface area contributed by atoms with Gasteiger partial charge in [0, 0.05) is 13.1 Å². The second kappa shape index (κ2) is 6.58. The Hall–Kier alpha value is -0.120. The number of morpholine rings is 1. The first kappa shape index (κ1) is 13.9. The molecule has 1 aliphatic heterocycles. The molecule has 0 amide bonds. The Morgan fingerprint density at radius 1 is 1.44 bits per heavy atom. The molecular formula is C13H28N2O. The summed E-state index contributed by atoms with van der Waals surface area (Å²) in [4.78, 5) is 2.53. The molecule has 3 heteroatoms. The van der Waals surface area contributed by atoms with Crippen LogP contribution < -0.4 is 5.73 Å². The summed E-state index contributed by atoms with van der Waals surface area (Å²) in [6.45, 7) is 11.8. The molecule has 96 valence electrons. The van der Waals surface area contributed by atoms with Crippen LogP contribution in [0.15, 0.2) is 0 Å². The van der Waals surface area contributed by atoms with E-state index in [1.54, 1.807) is 0 Å². The van der Waals surface area contributed by atoms with Gasteiger partial charge in [-0.05, 0) is 37.8 Å². The van der Waals surface area contributed by atoms with Crippen LogP contribution in [0, 0.1) is 5.41 Å². The minimum absolute atomic E-state index is 0.302. The van der Waals surface area contributed by atoms with Gasteiger partial charge in [-0.2, -0.15) is 0 Å². The molecular weight excluding hydrogens is 200 g/mol. The molecule has 1 unspecified atom stereocenters. The van der Waals surface area contributed by atoms with Crippen LogP contribution in [0.1, 0.15) is 40.0 Å².